The topological polar surface area (TPSA) is 108 Å². The number of rotatable bonds is 4. The van der Waals surface area contributed by atoms with Crippen LogP contribution in [-0.4, -0.2) is 56.9 Å². The molecule has 1 aromatic rings. The highest BCUT2D eigenvalue weighted by Crippen LogP contribution is 2.34. The van der Waals surface area contributed by atoms with E-state index in [4.69, 9.17) is 4.74 Å². The fraction of sp³-hybridized carbons (Fsp3) is 0.316. The number of allylic oxidation sites excluding steroid dienone is 2. The minimum atomic E-state index is -3.59. The fourth-order valence-corrected chi connectivity index (χ4v) is 4.46. The van der Waals surface area contributed by atoms with E-state index in [0.717, 1.165) is 6.42 Å². The van der Waals surface area contributed by atoms with Gasteiger partial charge in [0.25, 0.3) is 15.9 Å². The van der Waals surface area contributed by atoms with Gasteiger partial charge in [0.15, 0.2) is 5.84 Å². The average molecular weight is 416 g/mol. The van der Waals surface area contributed by atoms with Crippen molar-refractivity contribution in [2.24, 2.45) is 4.40 Å². The number of nitrogens with one attached hydrogen (secondary N) is 1. The third kappa shape index (κ3) is 3.75. The Morgan fingerprint density at radius 2 is 2.10 bits per heavy atom. The van der Waals surface area contributed by atoms with Crippen molar-refractivity contribution >= 4 is 39.0 Å². The number of amidine groups is 1. The molecule has 29 heavy (non-hydrogen) atoms. The minimum absolute atomic E-state index is 0.0378. The molecule has 3 aliphatic rings. The normalized spacial score (nSPS) is 20.1. The second kappa shape index (κ2) is 7.36. The highest BCUT2D eigenvalue weighted by Gasteiger charge is 2.30. The van der Waals surface area contributed by atoms with Crippen LogP contribution in [0.5, 0.6) is 5.75 Å². The number of amides is 2. The van der Waals surface area contributed by atoms with Crippen LogP contribution in [0.4, 0.5) is 11.4 Å². The second-order valence-electron chi connectivity index (χ2n) is 6.81. The zero-order valence-corrected chi connectivity index (χ0v) is 16.6. The zero-order valence-electron chi connectivity index (χ0n) is 15.8. The SMILES string of the molecule is COc1cc(NC(=O)C2=CC=CN3CCS(=O)(=O)N=C23)ccc1N1CCCC1=O. The van der Waals surface area contributed by atoms with E-state index in [-0.39, 0.29) is 29.6 Å². The van der Waals surface area contributed by atoms with Crippen molar-refractivity contribution in [3.8, 4) is 5.75 Å². The Hall–Kier alpha value is -3.14. The van der Waals surface area contributed by atoms with E-state index in [9.17, 15) is 18.0 Å². The molecule has 0 aromatic heterocycles. The molecule has 0 spiro atoms. The number of methoxy groups -OCH3 is 1. The zero-order chi connectivity index (χ0) is 20.6. The van der Waals surface area contributed by atoms with E-state index < -0.39 is 15.9 Å². The second-order valence-corrected chi connectivity index (χ2v) is 8.56. The fourth-order valence-electron chi connectivity index (χ4n) is 3.47. The molecule has 0 radical (unpaired) electrons. The Kier molecular flexibility index (Phi) is 4.87. The first-order chi connectivity index (χ1) is 13.9. The van der Waals surface area contributed by atoms with Crippen LogP contribution in [0.1, 0.15) is 12.8 Å². The van der Waals surface area contributed by atoms with Crippen LogP contribution >= 0.6 is 0 Å². The smallest absolute Gasteiger partial charge is 0.259 e. The lowest BCUT2D eigenvalue weighted by molar-refractivity contribution is -0.117. The Morgan fingerprint density at radius 1 is 1.28 bits per heavy atom. The molecule has 0 unspecified atom stereocenters. The number of hydrogen-bond donors (Lipinski definition) is 1. The molecule has 10 heteroatoms. The highest BCUT2D eigenvalue weighted by molar-refractivity contribution is 7.90. The van der Waals surface area contributed by atoms with E-state index in [2.05, 4.69) is 9.71 Å². The number of hydrogen-bond acceptors (Lipinski definition) is 6. The summed E-state index contributed by atoms with van der Waals surface area (Å²) in [5, 5.41) is 2.75. The van der Waals surface area contributed by atoms with Gasteiger partial charge in [0.1, 0.15) is 5.75 Å². The van der Waals surface area contributed by atoms with Gasteiger partial charge in [-0.25, -0.2) is 8.42 Å². The molecule has 2 amide bonds. The van der Waals surface area contributed by atoms with Gasteiger partial charge in [-0.1, -0.05) is 0 Å². The lowest BCUT2D eigenvalue weighted by Gasteiger charge is -2.28. The quantitative estimate of drug-likeness (QED) is 0.792. The minimum Gasteiger partial charge on any atom is -0.494 e. The number of sulfonamides is 1. The van der Waals surface area contributed by atoms with Crippen molar-refractivity contribution in [2.45, 2.75) is 12.8 Å². The summed E-state index contributed by atoms with van der Waals surface area (Å²) in [5.74, 6) is 0.0410. The predicted octanol–water partition coefficient (Wildman–Crippen LogP) is 1.26. The summed E-state index contributed by atoms with van der Waals surface area (Å²) >= 11 is 0. The van der Waals surface area contributed by atoms with E-state index in [1.54, 1.807) is 40.3 Å². The standard InChI is InChI=1S/C19H20N4O5S/c1-28-16-12-13(6-7-15(16)23-9-3-5-17(23)24)20-19(25)14-4-2-8-22-10-11-29(26,27)21-18(14)22/h2,4,6-8,12H,3,5,9-11H2,1H3,(H,20,25). The van der Waals surface area contributed by atoms with Gasteiger partial charge in [0.05, 0.1) is 24.1 Å². The number of carbonyl (C=O) groups is 2. The summed E-state index contributed by atoms with van der Waals surface area (Å²) in [6.45, 7) is 0.874. The third-order valence-corrected chi connectivity index (χ3v) is 6.05. The molecule has 152 valence electrons. The van der Waals surface area contributed by atoms with Gasteiger partial charge in [0, 0.05) is 37.5 Å². The summed E-state index contributed by atoms with van der Waals surface area (Å²) in [4.78, 5) is 28.1. The van der Waals surface area contributed by atoms with Crippen LogP contribution < -0.4 is 15.0 Å². The van der Waals surface area contributed by atoms with Gasteiger partial charge in [-0.05, 0) is 30.7 Å². The van der Waals surface area contributed by atoms with Crippen molar-refractivity contribution in [3.05, 3.63) is 42.1 Å². The van der Waals surface area contributed by atoms with Crippen LogP contribution in [0.15, 0.2) is 46.5 Å². The maximum Gasteiger partial charge on any atom is 0.259 e. The predicted molar refractivity (Wildman–Crippen MR) is 108 cm³/mol. The molecule has 9 nitrogen and oxygen atoms in total. The molecule has 4 rings (SSSR count). The Labute approximate surface area is 168 Å². The first-order valence-corrected chi connectivity index (χ1v) is 10.8. The molecule has 3 heterocycles. The van der Waals surface area contributed by atoms with Crippen LogP contribution in [0.3, 0.4) is 0 Å². The molecule has 1 N–H and O–H groups in total. The van der Waals surface area contributed by atoms with Gasteiger partial charge in [-0.2, -0.15) is 0 Å². The Morgan fingerprint density at radius 3 is 2.83 bits per heavy atom. The molecule has 0 bridgehead atoms. The lowest BCUT2D eigenvalue weighted by Crippen LogP contribution is -2.40. The van der Waals surface area contributed by atoms with Gasteiger partial charge in [-0.15, -0.1) is 4.40 Å². The van der Waals surface area contributed by atoms with E-state index >= 15 is 0 Å². The van der Waals surface area contributed by atoms with Gasteiger partial charge >= 0.3 is 0 Å². The van der Waals surface area contributed by atoms with Crippen molar-refractivity contribution < 1.29 is 22.7 Å². The molecule has 0 atom stereocenters. The Bertz CT molecular complexity index is 1070. The maximum absolute atomic E-state index is 12.8. The monoisotopic (exact) mass is 416 g/mol. The number of fused-ring (bicyclic) bond motifs is 1. The van der Waals surface area contributed by atoms with Gasteiger partial charge in [0.2, 0.25) is 5.91 Å². The molecular formula is C19H20N4O5S. The van der Waals surface area contributed by atoms with Crippen LogP contribution in [0.2, 0.25) is 0 Å². The van der Waals surface area contributed by atoms with Gasteiger partial charge in [-0.3, -0.25) is 9.59 Å². The Balaban J connectivity index is 1.58. The summed E-state index contributed by atoms with van der Waals surface area (Å²) in [6.07, 6.45) is 6.19. The number of anilines is 2. The van der Waals surface area contributed by atoms with Gasteiger partial charge < -0.3 is 19.9 Å². The highest BCUT2D eigenvalue weighted by atomic mass is 32.2. The number of ether oxygens (including phenoxy) is 1. The van der Waals surface area contributed by atoms with Crippen molar-refractivity contribution in [1.29, 1.82) is 0 Å². The number of carbonyl (C=O) groups excluding carboxylic acids is 2. The number of nitrogens with zero attached hydrogens (tertiary/aromatic N) is 3. The van der Waals surface area contributed by atoms with E-state index in [0.29, 0.717) is 30.1 Å². The molecule has 0 saturated carbocycles. The van der Waals surface area contributed by atoms with Crippen LogP contribution in [-0.2, 0) is 19.6 Å². The number of benzene rings is 1. The molecule has 0 aliphatic carbocycles. The third-order valence-electron chi connectivity index (χ3n) is 4.90. The van der Waals surface area contributed by atoms with E-state index in [1.165, 1.54) is 13.2 Å². The average Bonchev–Trinajstić information content (AvgIpc) is 3.12. The van der Waals surface area contributed by atoms with Crippen LogP contribution in [0.25, 0.3) is 0 Å². The first-order valence-electron chi connectivity index (χ1n) is 9.16. The van der Waals surface area contributed by atoms with Crippen molar-refractivity contribution in [1.82, 2.24) is 4.90 Å². The lowest BCUT2D eigenvalue weighted by atomic mass is 10.1. The molecule has 1 aromatic carbocycles. The summed E-state index contributed by atoms with van der Waals surface area (Å²) < 4.78 is 32.9. The molecule has 3 aliphatic heterocycles. The largest absolute Gasteiger partial charge is 0.494 e. The summed E-state index contributed by atoms with van der Waals surface area (Å²) in [6, 6.07) is 5.04. The van der Waals surface area contributed by atoms with E-state index in [1.807, 2.05) is 0 Å². The maximum atomic E-state index is 12.8. The van der Waals surface area contributed by atoms with Crippen LogP contribution in [0, 0.1) is 0 Å². The van der Waals surface area contributed by atoms with Crippen molar-refractivity contribution in [3.63, 3.8) is 0 Å². The molecule has 1 fully saturated rings. The summed E-state index contributed by atoms with van der Waals surface area (Å²) in [5.41, 5.74) is 1.28. The first kappa shape index (κ1) is 19.2. The van der Waals surface area contributed by atoms with Crippen molar-refractivity contribution in [2.75, 3.05) is 36.2 Å². The summed E-state index contributed by atoms with van der Waals surface area (Å²) in [7, 11) is -2.09. The molecule has 1 saturated heterocycles. The molecular weight excluding hydrogens is 396 g/mol.